The number of benzene rings is 2. The topological polar surface area (TPSA) is 155 Å². The number of azide groups is 1. The Kier molecular flexibility index (Phi) is 13.2. The Morgan fingerprint density at radius 1 is 0.878 bits per heavy atom. The molecule has 1 aliphatic heterocycles. The lowest BCUT2D eigenvalue weighted by molar-refractivity contribution is -0.314. The molecule has 220 valence electrons. The lowest BCUT2D eigenvalue weighted by Gasteiger charge is -2.44. The van der Waals surface area contributed by atoms with E-state index in [4.69, 9.17) is 34.0 Å². The number of hydrogen-bond donors (Lipinski definition) is 0. The highest BCUT2D eigenvalue weighted by molar-refractivity contribution is 5.81. The van der Waals surface area contributed by atoms with Crippen LogP contribution in [0.15, 0.2) is 65.8 Å². The summed E-state index contributed by atoms with van der Waals surface area (Å²) >= 11 is 0. The third-order valence-corrected chi connectivity index (χ3v) is 6.20. The third-order valence-electron chi connectivity index (χ3n) is 6.20. The number of ether oxygens (including phenoxy) is 6. The monoisotopic (exact) mass is 569 g/mol. The van der Waals surface area contributed by atoms with Crippen molar-refractivity contribution in [1.29, 1.82) is 0 Å². The number of Topliss-reactive ketones (excluding diaryl/α,β-unsaturated/α-hetero) is 1. The SMILES string of the molecule is COC(=O)[C@H]1O[C@@H](OCCCN=[N+]=[N-])[C@@H](OCc2ccccc2)[C@@H](OCc2ccccc2)[C@@H]1OC(=O)CCC(C)=O. The molecular weight excluding hydrogens is 534 g/mol. The highest BCUT2D eigenvalue weighted by Gasteiger charge is 2.53. The summed E-state index contributed by atoms with van der Waals surface area (Å²) in [6.45, 7) is 1.94. The second kappa shape index (κ2) is 17.1. The molecule has 0 N–H and O–H groups in total. The molecule has 0 saturated carbocycles. The molecule has 0 aromatic heterocycles. The fraction of sp³-hybridized carbons (Fsp3) is 0.483. The van der Waals surface area contributed by atoms with Crippen LogP contribution in [0.3, 0.4) is 0 Å². The first-order valence-corrected chi connectivity index (χ1v) is 13.3. The molecule has 0 bridgehead atoms. The van der Waals surface area contributed by atoms with Gasteiger partial charge in [0.25, 0.3) is 0 Å². The van der Waals surface area contributed by atoms with Crippen molar-refractivity contribution in [2.75, 3.05) is 20.3 Å². The Labute approximate surface area is 238 Å². The molecule has 12 heteroatoms. The second-order valence-electron chi connectivity index (χ2n) is 9.31. The van der Waals surface area contributed by atoms with Crippen LogP contribution in [-0.2, 0) is 56.0 Å². The molecule has 0 spiro atoms. The van der Waals surface area contributed by atoms with Crippen LogP contribution in [-0.4, -0.2) is 68.7 Å². The molecule has 2 aromatic carbocycles. The average Bonchev–Trinajstić information content (AvgIpc) is 2.99. The summed E-state index contributed by atoms with van der Waals surface area (Å²) in [5.41, 5.74) is 10.3. The van der Waals surface area contributed by atoms with Gasteiger partial charge in [0.05, 0.1) is 26.7 Å². The Balaban J connectivity index is 1.94. The molecule has 1 heterocycles. The van der Waals surface area contributed by atoms with E-state index >= 15 is 0 Å². The summed E-state index contributed by atoms with van der Waals surface area (Å²) in [4.78, 5) is 39.9. The van der Waals surface area contributed by atoms with E-state index in [1.54, 1.807) is 0 Å². The molecule has 3 rings (SSSR count). The number of nitrogens with zero attached hydrogens (tertiary/aromatic N) is 3. The van der Waals surface area contributed by atoms with Crippen molar-refractivity contribution in [3.63, 3.8) is 0 Å². The summed E-state index contributed by atoms with van der Waals surface area (Å²) in [5.74, 6) is -1.68. The van der Waals surface area contributed by atoms with Crippen LogP contribution in [0.25, 0.3) is 10.4 Å². The maximum absolute atomic E-state index is 12.9. The first kappa shape index (κ1) is 31.7. The fourth-order valence-electron chi connectivity index (χ4n) is 4.15. The molecule has 1 saturated heterocycles. The summed E-state index contributed by atoms with van der Waals surface area (Å²) in [7, 11) is 1.19. The molecule has 0 radical (unpaired) electrons. The van der Waals surface area contributed by atoms with E-state index in [1.165, 1.54) is 14.0 Å². The van der Waals surface area contributed by atoms with E-state index in [-0.39, 0.29) is 45.0 Å². The van der Waals surface area contributed by atoms with Gasteiger partial charge in [0.15, 0.2) is 18.5 Å². The Hall–Kier alpha value is -3.80. The van der Waals surface area contributed by atoms with E-state index in [0.29, 0.717) is 6.42 Å². The van der Waals surface area contributed by atoms with Crippen molar-refractivity contribution in [1.82, 2.24) is 0 Å². The number of methoxy groups -OCH3 is 1. The van der Waals surface area contributed by atoms with Crippen molar-refractivity contribution in [3.8, 4) is 0 Å². The zero-order valence-corrected chi connectivity index (χ0v) is 23.1. The zero-order chi connectivity index (χ0) is 29.5. The van der Waals surface area contributed by atoms with Gasteiger partial charge in [0, 0.05) is 24.5 Å². The van der Waals surface area contributed by atoms with Crippen molar-refractivity contribution in [2.24, 2.45) is 5.11 Å². The van der Waals surface area contributed by atoms with Gasteiger partial charge in [0.2, 0.25) is 0 Å². The molecule has 5 atom stereocenters. The fourth-order valence-corrected chi connectivity index (χ4v) is 4.15. The minimum absolute atomic E-state index is 0.0182. The number of ketones is 1. The zero-order valence-electron chi connectivity index (χ0n) is 23.1. The number of carbonyl (C=O) groups excluding carboxylic acids is 3. The minimum atomic E-state index is -1.40. The van der Waals surface area contributed by atoms with Gasteiger partial charge < -0.3 is 33.2 Å². The summed E-state index contributed by atoms with van der Waals surface area (Å²) in [6.07, 6.45) is -5.59. The highest BCUT2D eigenvalue weighted by atomic mass is 16.7. The van der Waals surface area contributed by atoms with Crippen LogP contribution in [0, 0.1) is 0 Å². The van der Waals surface area contributed by atoms with Gasteiger partial charge in [-0.3, -0.25) is 4.79 Å². The number of esters is 2. The van der Waals surface area contributed by atoms with Gasteiger partial charge in [-0.05, 0) is 30.0 Å². The maximum Gasteiger partial charge on any atom is 0.339 e. The largest absolute Gasteiger partial charge is 0.467 e. The minimum Gasteiger partial charge on any atom is -0.467 e. The molecule has 12 nitrogen and oxygen atoms in total. The molecule has 1 aliphatic rings. The lowest BCUT2D eigenvalue weighted by Crippen LogP contribution is -2.63. The molecule has 0 aliphatic carbocycles. The third kappa shape index (κ3) is 10.3. The standard InChI is InChI=1S/C29H35N3O9/c1-20(33)14-15-23(34)40-25-24(38-18-21-10-5-3-6-11-21)27(39-19-22-12-7-4-8-13-22)29(37-17-9-16-31-32-30)41-26(25)28(35)36-2/h3-8,10-13,24-27,29H,9,14-19H2,1-2H3/t24-,25-,26-,27-,29+/m0/s1. The van der Waals surface area contributed by atoms with Crippen molar-refractivity contribution in [3.05, 3.63) is 82.2 Å². The van der Waals surface area contributed by atoms with Gasteiger partial charge in [-0.1, -0.05) is 65.8 Å². The smallest absolute Gasteiger partial charge is 0.339 e. The highest BCUT2D eigenvalue weighted by Crippen LogP contribution is 2.31. The molecule has 0 amide bonds. The Bertz CT molecular complexity index is 1160. The molecule has 41 heavy (non-hydrogen) atoms. The van der Waals surface area contributed by atoms with Crippen molar-refractivity contribution < 1.29 is 42.8 Å². The average molecular weight is 570 g/mol. The molecule has 0 unspecified atom stereocenters. The van der Waals surface area contributed by atoms with Gasteiger partial charge in [-0.2, -0.15) is 0 Å². The van der Waals surface area contributed by atoms with Crippen LogP contribution in [0.5, 0.6) is 0 Å². The molecule has 1 fully saturated rings. The van der Waals surface area contributed by atoms with Gasteiger partial charge >= 0.3 is 11.9 Å². The number of hydrogen-bond acceptors (Lipinski definition) is 10. The number of carbonyl (C=O) groups is 3. The van der Waals surface area contributed by atoms with Crippen LogP contribution < -0.4 is 0 Å². The summed E-state index contributed by atoms with van der Waals surface area (Å²) < 4.78 is 35.3. The van der Waals surface area contributed by atoms with Gasteiger partial charge in [-0.25, -0.2) is 4.79 Å². The van der Waals surface area contributed by atoms with E-state index in [2.05, 4.69) is 10.0 Å². The van der Waals surface area contributed by atoms with Crippen LogP contribution in [0.2, 0.25) is 0 Å². The normalized spacial score (nSPS) is 21.9. The van der Waals surface area contributed by atoms with E-state index < -0.39 is 42.6 Å². The van der Waals surface area contributed by atoms with Crippen LogP contribution in [0.1, 0.15) is 37.3 Å². The van der Waals surface area contributed by atoms with E-state index in [1.807, 2.05) is 60.7 Å². The van der Waals surface area contributed by atoms with Crippen LogP contribution >= 0.6 is 0 Å². The first-order chi connectivity index (χ1) is 19.9. The quantitative estimate of drug-likeness (QED) is 0.0957. The lowest BCUT2D eigenvalue weighted by atomic mass is 9.97. The first-order valence-electron chi connectivity index (χ1n) is 13.3. The Morgan fingerprint density at radius 3 is 2.05 bits per heavy atom. The predicted molar refractivity (Wildman–Crippen MR) is 145 cm³/mol. The Morgan fingerprint density at radius 2 is 1.49 bits per heavy atom. The van der Waals surface area contributed by atoms with Gasteiger partial charge in [0.1, 0.15) is 18.0 Å². The van der Waals surface area contributed by atoms with E-state index in [9.17, 15) is 14.4 Å². The molecule has 2 aromatic rings. The van der Waals surface area contributed by atoms with Crippen molar-refractivity contribution >= 4 is 17.7 Å². The summed E-state index contributed by atoms with van der Waals surface area (Å²) in [6, 6.07) is 18.7. The second-order valence-corrected chi connectivity index (χ2v) is 9.31. The van der Waals surface area contributed by atoms with Crippen molar-refractivity contribution in [2.45, 2.75) is 70.1 Å². The van der Waals surface area contributed by atoms with Crippen LogP contribution in [0.4, 0.5) is 0 Å². The number of rotatable bonds is 16. The van der Waals surface area contributed by atoms with E-state index in [0.717, 1.165) is 11.1 Å². The van der Waals surface area contributed by atoms with Gasteiger partial charge in [-0.15, -0.1) is 0 Å². The summed E-state index contributed by atoms with van der Waals surface area (Å²) in [5, 5.41) is 3.51. The maximum atomic E-state index is 12.9. The predicted octanol–water partition coefficient (Wildman–Crippen LogP) is 4.05. The molecular formula is C29H35N3O9.